The van der Waals surface area contributed by atoms with Crippen LogP contribution in [0, 0.1) is 11.3 Å². The topological polar surface area (TPSA) is 77.2 Å². The second-order valence-corrected chi connectivity index (χ2v) is 6.87. The van der Waals surface area contributed by atoms with Crippen LogP contribution < -0.4 is 4.90 Å². The van der Waals surface area contributed by atoms with Crippen LogP contribution >= 0.6 is 0 Å². The van der Waals surface area contributed by atoms with Gasteiger partial charge >= 0.3 is 0 Å². The Morgan fingerprint density at radius 3 is 2.67 bits per heavy atom. The van der Waals surface area contributed by atoms with Crippen LogP contribution in [-0.2, 0) is 11.4 Å². The first-order chi connectivity index (χ1) is 14.7. The van der Waals surface area contributed by atoms with E-state index in [1.807, 2.05) is 71.8 Å². The lowest BCUT2D eigenvalue weighted by Gasteiger charge is -2.33. The zero-order valence-corrected chi connectivity index (χ0v) is 16.1. The van der Waals surface area contributed by atoms with Gasteiger partial charge in [0.1, 0.15) is 12.3 Å². The molecule has 0 spiro atoms. The summed E-state index contributed by atoms with van der Waals surface area (Å²) in [6, 6.07) is 21.9. The highest BCUT2D eigenvalue weighted by Gasteiger charge is 2.28. The Morgan fingerprint density at radius 1 is 1.10 bits per heavy atom. The predicted octanol–water partition coefficient (Wildman–Crippen LogP) is 3.96. The fraction of sp³-hybridized carbons (Fsp3) is 0.0800. The molecule has 2 heterocycles. The van der Waals surface area contributed by atoms with Crippen molar-refractivity contribution in [1.82, 2.24) is 4.98 Å². The highest BCUT2D eigenvalue weighted by Crippen LogP contribution is 2.36. The van der Waals surface area contributed by atoms with E-state index in [1.165, 1.54) is 0 Å². The van der Waals surface area contributed by atoms with Gasteiger partial charge in [-0.05, 0) is 53.1 Å². The van der Waals surface area contributed by atoms with Gasteiger partial charge in [0.25, 0.3) is 0 Å². The van der Waals surface area contributed by atoms with Crippen LogP contribution in [0.5, 0.6) is 0 Å². The maximum Gasteiger partial charge on any atom is 0.147 e. The highest BCUT2D eigenvalue weighted by molar-refractivity contribution is 5.99. The molecule has 0 saturated carbocycles. The number of benzene rings is 2. The number of hydrogen-bond donors (Lipinski definition) is 1. The molecule has 2 aromatic carbocycles. The van der Waals surface area contributed by atoms with Gasteiger partial charge in [0.2, 0.25) is 0 Å². The molecule has 1 aliphatic heterocycles. The van der Waals surface area contributed by atoms with Gasteiger partial charge in [-0.1, -0.05) is 36.4 Å². The van der Waals surface area contributed by atoms with Crippen molar-refractivity contribution in [2.24, 2.45) is 0 Å². The Hall–Kier alpha value is -4.01. The van der Waals surface area contributed by atoms with E-state index in [1.54, 1.807) is 18.3 Å². The average molecular weight is 393 g/mol. The molecule has 4 rings (SSSR count). The summed E-state index contributed by atoms with van der Waals surface area (Å²) in [5, 5.41) is 19.2. The summed E-state index contributed by atoms with van der Waals surface area (Å²) in [6.45, 7) is -0.0930. The number of aliphatic hydroxyl groups excluding tert-OH is 1. The van der Waals surface area contributed by atoms with Crippen LogP contribution in [0.1, 0.15) is 22.4 Å². The summed E-state index contributed by atoms with van der Waals surface area (Å²) in [7, 11) is 0. The molecule has 0 saturated heterocycles. The van der Waals surface area contributed by atoms with Gasteiger partial charge in [0.05, 0.1) is 23.9 Å². The van der Waals surface area contributed by atoms with Gasteiger partial charge in [0, 0.05) is 23.7 Å². The fourth-order valence-corrected chi connectivity index (χ4v) is 3.60. The summed E-state index contributed by atoms with van der Waals surface area (Å²) >= 11 is 0. The zero-order chi connectivity index (χ0) is 20.9. The number of aldehydes is 1. The van der Waals surface area contributed by atoms with Crippen molar-refractivity contribution >= 4 is 23.1 Å². The van der Waals surface area contributed by atoms with Crippen LogP contribution in [0.4, 0.5) is 5.69 Å². The smallest absolute Gasteiger partial charge is 0.147 e. The summed E-state index contributed by atoms with van der Waals surface area (Å²) in [6.07, 6.45) is 6.40. The number of nitrogens with zero attached hydrogens (tertiary/aromatic N) is 3. The van der Waals surface area contributed by atoms with Crippen molar-refractivity contribution in [3.63, 3.8) is 0 Å². The second-order valence-electron chi connectivity index (χ2n) is 6.87. The van der Waals surface area contributed by atoms with Crippen LogP contribution in [0.25, 0.3) is 11.1 Å². The number of aromatic nitrogens is 1. The fourth-order valence-electron chi connectivity index (χ4n) is 3.60. The molecule has 146 valence electrons. The van der Waals surface area contributed by atoms with Gasteiger partial charge in [-0.3, -0.25) is 4.98 Å². The Balaban J connectivity index is 1.92. The van der Waals surface area contributed by atoms with E-state index < -0.39 is 6.04 Å². The third-order valence-electron chi connectivity index (χ3n) is 5.05. The standard InChI is InChI=1S/C25H19N3O2/c26-14-19-7-1-2-9-22(19)23-13-20(24-10-3-4-11-27-24)15-28(25(23)17-30)21-8-5-6-18(12-21)16-29/h1-13,15,17,25,29H,16H2. The average Bonchev–Trinajstić information content (AvgIpc) is 2.83. The molecule has 30 heavy (non-hydrogen) atoms. The first-order valence-corrected chi connectivity index (χ1v) is 9.53. The van der Waals surface area contributed by atoms with Crippen molar-refractivity contribution in [2.45, 2.75) is 12.6 Å². The molecule has 0 bridgehead atoms. The predicted molar refractivity (Wildman–Crippen MR) is 116 cm³/mol. The number of rotatable bonds is 5. The van der Waals surface area contributed by atoms with E-state index >= 15 is 0 Å². The Labute approximate surface area is 174 Å². The molecule has 1 unspecified atom stereocenters. The Kier molecular flexibility index (Phi) is 5.51. The molecule has 0 fully saturated rings. The molecule has 0 aliphatic carbocycles. The van der Waals surface area contributed by atoms with Gasteiger partial charge in [0.15, 0.2) is 0 Å². The van der Waals surface area contributed by atoms with Crippen LogP contribution in [0.15, 0.2) is 85.2 Å². The molecule has 1 N–H and O–H groups in total. The lowest BCUT2D eigenvalue weighted by atomic mass is 9.89. The second kappa shape index (κ2) is 8.56. The quantitative estimate of drug-likeness (QED) is 0.664. The van der Waals surface area contributed by atoms with E-state index in [4.69, 9.17) is 0 Å². The largest absolute Gasteiger partial charge is 0.392 e. The summed E-state index contributed by atoms with van der Waals surface area (Å²) < 4.78 is 0. The number of nitriles is 1. The van der Waals surface area contributed by atoms with Gasteiger partial charge in [-0.25, -0.2) is 0 Å². The number of hydrogen-bond acceptors (Lipinski definition) is 5. The van der Waals surface area contributed by atoms with Crippen LogP contribution in [-0.4, -0.2) is 22.4 Å². The molecule has 1 atom stereocenters. The van der Waals surface area contributed by atoms with Gasteiger partial charge < -0.3 is 14.8 Å². The molecule has 1 aliphatic rings. The summed E-state index contributed by atoms with van der Waals surface area (Å²) in [4.78, 5) is 18.6. The summed E-state index contributed by atoms with van der Waals surface area (Å²) in [5.74, 6) is 0. The number of carbonyl (C=O) groups is 1. The van der Waals surface area contributed by atoms with Crippen LogP contribution in [0.3, 0.4) is 0 Å². The lowest BCUT2D eigenvalue weighted by molar-refractivity contribution is -0.107. The van der Waals surface area contributed by atoms with E-state index in [0.29, 0.717) is 11.1 Å². The molecule has 5 heteroatoms. The minimum absolute atomic E-state index is 0.0930. The van der Waals surface area contributed by atoms with Crippen molar-refractivity contribution in [3.8, 4) is 6.07 Å². The van der Waals surface area contributed by atoms with Crippen molar-refractivity contribution < 1.29 is 9.90 Å². The summed E-state index contributed by atoms with van der Waals surface area (Å²) in [5.41, 5.74) is 5.04. The minimum Gasteiger partial charge on any atom is -0.392 e. The molecule has 0 radical (unpaired) electrons. The molecular formula is C25H19N3O2. The number of carbonyl (C=O) groups excluding carboxylic acids is 1. The molecule has 1 aromatic heterocycles. The number of allylic oxidation sites excluding steroid dienone is 2. The molecule has 3 aromatic rings. The van der Waals surface area contributed by atoms with Gasteiger partial charge in [-0.2, -0.15) is 5.26 Å². The monoisotopic (exact) mass is 393 g/mol. The molecule has 0 amide bonds. The third-order valence-corrected chi connectivity index (χ3v) is 5.05. The number of pyridine rings is 1. The SMILES string of the molecule is N#Cc1ccccc1C1=CC(c2ccccn2)=CN(c2cccc(CO)c2)C1C=O. The zero-order valence-electron chi connectivity index (χ0n) is 16.1. The first-order valence-electron chi connectivity index (χ1n) is 9.53. The number of aliphatic hydroxyl groups is 1. The normalized spacial score (nSPS) is 15.7. The Morgan fingerprint density at radius 2 is 1.93 bits per heavy atom. The highest BCUT2D eigenvalue weighted by atomic mass is 16.3. The molecular weight excluding hydrogens is 374 g/mol. The minimum atomic E-state index is -0.624. The van der Waals surface area contributed by atoms with Crippen molar-refractivity contribution in [3.05, 3.63) is 108 Å². The first kappa shape index (κ1) is 19.3. The maximum absolute atomic E-state index is 12.3. The number of anilines is 1. The maximum atomic E-state index is 12.3. The van der Waals surface area contributed by atoms with Gasteiger partial charge in [-0.15, -0.1) is 0 Å². The van der Waals surface area contributed by atoms with E-state index in [0.717, 1.165) is 34.4 Å². The van der Waals surface area contributed by atoms with Crippen LogP contribution in [0.2, 0.25) is 0 Å². The van der Waals surface area contributed by atoms with E-state index in [2.05, 4.69) is 11.1 Å². The van der Waals surface area contributed by atoms with Crippen molar-refractivity contribution in [2.75, 3.05) is 4.90 Å². The van der Waals surface area contributed by atoms with Crippen molar-refractivity contribution in [1.29, 1.82) is 5.26 Å². The Bertz CT molecular complexity index is 1180. The van der Waals surface area contributed by atoms with E-state index in [9.17, 15) is 15.2 Å². The molecule has 5 nitrogen and oxygen atoms in total. The third kappa shape index (κ3) is 3.64. The lowest BCUT2D eigenvalue weighted by Crippen LogP contribution is -2.36. The van der Waals surface area contributed by atoms with E-state index in [-0.39, 0.29) is 6.61 Å².